The largest absolute Gasteiger partial charge is 0.494 e. The van der Waals surface area contributed by atoms with Gasteiger partial charge >= 0.3 is 0 Å². The van der Waals surface area contributed by atoms with Gasteiger partial charge in [0.05, 0.1) is 6.61 Å². The second kappa shape index (κ2) is 9.22. The van der Waals surface area contributed by atoms with Crippen molar-refractivity contribution in [1.82, 2.24) is 0 Å². The number of carbonyl (C=O) groups excluding carboxylic acids is 3. The van der Waals surface area contributed by atoms with Gasteiger partial charge in [-0.1, -0.05) is 0 Å². The van der Waals surface area contributed by atoms with E-state index in [1.165, 1.54) is 6.92 Å². The molecule has 0 heterocycles. The molecule has 0 fully saturated rings. The van der Waals surface area contributed by atoms with Crippen molar-refractivity contribution in [2.75, 3.05) is 22.6 Å². The fourth-order valence-electron chi connectivity index (χ4n) is 2.20. The van der Waals surface area contributed by atoms with Crippen LogP contribution >= 0.6 is 0 Å². The van der Waals surface area contributed by atoms with Gasteiger partial charge in [-0.15, -0.1) is 0 Å². The van der Waals surface area contributed by atoms with Gasteiger partial charge in [0.1, 0.15) is 12.2 Å². The number of hydrogen-bond acceptors (Lipinski definition) is 4. The molecule has 0 unspecified atom stereocenters. The maximum Gasteiger partial charge on any atom is 0.233 e. The molecule has 3 amide bonds. The average molecular weight is 355 g/mol. The molecule has 2 aromatic rings. The summed E-state index contributed by atoms with van der Waals surface area (Å²) in [7, 11) is 0. The van der Waals surface area contributed by atoms with Crippen LogP contribution in [0, 0.1) is 0 Å². The molecule has 26 heavy (non-hydrogen) atoms. The summed E-state index contributed by atoms with van der Waals surface area (Å²) in [5, 5.41) is 7.92. The molecule has 7 nitrogen and oxygen atoms in total. The van der Waals surface area contributed by atoms with Crippen molar-refractivity contribution in [3.05, 3.63) is 48.5 Å². The Balaban J connectivity index is 1.82. The van der Waals surface area contributed by atoms with Gasteiger partial charge in [-0.05, 0) is 55.5 Å². The van der Waals surface area contributed by atoms with Crippen molar-refractivity contribution in [3.63, 3.8) is 0 Å². The van der Waals surface area contributed by atoms with Gasteiger partial charge in [-0.3, -0.25) is 14.4 Å². The number of ether oxygens (including phenoxy) is 1. The molecule has 0 spiro atoms. The molecule has 0 bridgehead atoms. The van der Waals surface area contributed by atoms with Crippen molar-refractivity contribution in [3.8, 4) is 5.75 Å². The fourth-order valence-corrected chi connectivity index (χ4v) is 2.20. The molecule has 136 valence electrons. The summed E-state index contributed by atoms with van der Waals surface area (Å²) in [6.07, 6.45) is -0.305. The first-order valence-electron chi connectivity index (χ1n) is 8.16. The number of rotatable bonds is 7. The average Bonchev–Trinajstić information content (AvgIpc) is 2.58. The highest BCUT2D eigenvalue weighted by atomic mass is 16.5. The lowest BCUT2D eigenvalue weighted by Crippen LogP contribution is -2.21. The molecular weight excluding hydrogens is 334 g/mol. The Hall–Kier alpha value is -3.35. The van der Waals surface area contributed by atoms with Crippen LogP contribution in [-0.4, -0.2) is 24.3 Å². The van der Waals surface area contributed by atoms with Crippen molar-refractivity contribution >= 4 is 34.8 Å². The van der Waals surface area contributed by atoms with E-state index in [4.69, 9.17) is 4.74 Å². The standard InChI is InChI=1S/C19H21N3O4/c1-3-26-17-10-8-16(9-11-17)22-19(25)12-18(24)21-15-6-4-14(5-7-15)20-13(2)23/h4-11H,3,12H2,1-2H3,(H,20,23)(H,21,24)(H,22,25). The molecule has 0 aromatic heterocycles. The summed E-state index contributed by atoms with van der Waals surface area (Å²) >= 11 is 0. The molecule has 3 N–H and O–H groups in total. The minimum atomic E-state index is -0.430. The first-order chi connectivity index (χ1) is 12.5. The third kappa shape index (κ3) is 6.27. The second-order valence-electron chi connectivity index (χ2n) is 5.49. The molecular formula is C19H21N3O4. The molecule has 2 rings (SSSR count). The smallest absolute Gasteiger partial charge is 0.233 e. The van der Waals surface area contributed by atoms with Gasteiger partial charge < -0.3 is 20.7 Å². The number of benzene rings is 2. The zero-order valence-electron chi connectivity index (χ0n) is 14.7. The van der Waals surface area contributed by atoms with E-state index in [1.54, 1.807) is 48.5 Å². The van der Waals surface area contributed by atoms with Gasteiger partial charge in [0.25, 0.3) is 0 Å². The zero-order chi connectivity index (χ0) is 18.9. The summed E-state index contributed by atoms with van der Waals surface area (Å²) in [6, 6.07) is 13.5. The summed E-state index contributed by atoms with van der Waals surface area (Å²) in [5.41, 5.74) is 1.76. The molecule has 0 atom stereocenters. The maximum absolute atomic E-state index is 12.0. The summed E-state index contributed by atoms with van der Waals surface area (Å²) in [5.74, 6) is -0.305. The highest BCUT2D eigenvalue weighted by Gasteiger charge is 2.10. The van der Waals surface area contributed by atoms with Crippen LogP contribution in [0.15, 0.2) is 48.5 Å². The molecule has 2 aromatic carbocycles. The van der Waals surface area contributed by atoms with Crippen LogP contribution in [0.3, 0.4) is 0 Å². The van der Waals surface area contributed by atoms with Gasteiger partial charge in [0.2, 0.25) is 17.7 Å². The Morgan fingerprint density at radius 2 is 1.19 bits per heavy atom. The van der Waals surface area contributed by atoms with Gasteiger partial charge in [0.15, 0.2) is 0 Å². The van der Waals surface area contributed by atoms with Crippen molar-refractivity contribution in [1.29, 1.82) is 0 Å². The van der Waals surface area contributed by atoms with E-state index in [0.717, 1.165) is 0 Å². The van der Waals surface area contributed by atoms with Crippen LogP contribution in [-0.2, 0) is 14.4 Å². The number of nitrogens with one attached hydrogen (secondary N) is 3. The van der Waals surface area contributed by atoms with Gasteiger partial charge in [0, 0.05) is 24.0 Å². The summed E-state index contributed by atoms with van der Waals surface area (Å²) in [6.45, 7) is 3.87. The Morgan fingerprint density at radius 1 is 0.769 bits per heavy atom. The third-order valence-corrected chi connectivity index (χ3v) is 3.26. The van der Waals surface area contributed by atoms with Crippen molar-refractivity contribution in [2.24, 2.45) is 0 Å². The fraction of sp³-hybridized carbons (Fsp3) is 0.211. The molecule has 0 aliphatic heterocycles. The summed E-state index contributed by atoms with van der Waals surface area (Å²) < 4.78 is 5.33. The van der Waals surface area contributed by atoms with E-state index >= 15 is 0 Å². The zero-order valence-corrected chi connectivity index (χ0v) is 14.7. The maximum atomic E-state index is 12.0. The molecule has 0 saturated carbocycles. The van der Waals surface area contributed by atoms with Crippen LogP contribution in [0.2, 0.25) is 0 Å². The van der Waals surface area contributed by atoms with Crippen LogP contribution in [0.5, 0.6) is 5.75 Å². The van der Waals surface area contributed by atoms with Crippen molar-refractivity contribution < 1.29 is 19.1 Å². The monoisotopic (exact) mass is 355 g/mol. The molecule has 7 heteroatoms. The van der Waals surface area contributed by atoms with E-state index in [-0.39, 0.29) is 12.3 Å². The first kappa shape index (κ1) is 19.0. The van der Waals surface area contributed by atoms with Crippen molar-refractivity contribution in [2.45, 2.75) is 20.3 Å². The Morgan fingerprint density at radius 3 is 1.62 bits per heavy atom. The Labute approximate surface area is 151 Å². The number of hydrogen-bond donors (Lipinski definition) is 3. The van der Waals surface area contributed by atoms with E-state index in [9.17, 15) is 14.4 Å². The predicted molar refractivity (Wildman–Crippen MR) is 100 cm³/mol. The molecule has 0 aliphatic carbocycles. The third-order valence-electron chi connectivity index (χ3n) is 3.26. The Bertz CT molecular complexity index is 770. The lowest BCUT2D eigenvalue weighted by Gasteiger charge is -2.08. The van der Waals surface area contributed by atoms with E-state index in [0.29, 0.717) is 29.4 Å². The number of carbonyl (C=O) groups is 3. The number of amides is 3. The highest BCUT2D eigenvalue weighted by molar-refractivity contribution is 6.08. The summed E-state index contributed by atoms with van der Waals surface area (Å²) in [4.78, 5) is 34.9. The molecule has 0 radical (unpaired) electrons. The van der Waals surface area contributed by atoms with Crippen LogP contribution in [0.1, 0.15) is 20.3 Å². The first-order valence-corrected chi connectivity index (χ1v) is 8.16. The number of anilines is 3. The minimum Gasteiger partial charge on any atom is -0.494 e. The lowest BCUT2D eigenvalue weighted by atomic mass is 10.2. The van der Waals surface area contributed by atoms with Gasteiger partial charge in [-0.25, -0.2) is 0 Å². The van der Waals surface area contributed by atoms with E-state index in [1.807, 2.05) is 6.92 Å². The highest BCUT2D eigenvalue weighted by Crippen LogP contribution is 2.16. The minimum absolute atomic E-state index is 0.173. The lowest BCUT2D eigenvalue weighted by molar-refractivity contribution is -0.123. The molecule has 0 aliphatic rings. The molecule has 0 saturated heterocycles. The van der Waals surface area contributed by atoms with Crippen LogP contribution in [0.25, 0.3) is 0 Å². The topological polar surface area (TPSA) is 96.5 Å². The van der Waals surface area contributed by atoms with E-state index in [2.05, 4.69) is 16.0 Å². The second-order valence-corrected chi connectivity index (χ2v) is 5.49. The van der Waals surface area contributed by atoms with Gasteiger partial charge in [-0.2, -0.15) is 0 Å². The van der Waals surface area contributed by atoms with E-state index < -0.39 is 11.8 Å². The Kier molecular flexibility index (Phi) is 6.73. The quantitative estimate of drug-likeness (QED) is 0.665. The SMILES string of the molecule is CCOc1ccc(NC(=O)CC(=O)Nc2ccc(NC(C)=O)cc2)cc1. The van der Waals surface area contributed by atoms with Crippen LogP contribution < -0.4 is 20.7 Å². The van der Waals surface area contributed by atoms with Crippen LogP contribution in [0.4, 0.5) is 17.1 Å². The predicted octanol–water partition coefficient (Wildman–Crippen LogP) is 3.01. The normalized spacial score (nSPS) is 9.92.